The molecule has 0 aromatic carbocycles. The highest BCUT2D eigenvalue weighted by atomic mass is 32.2. The molecule has 1 unspecified atom stereocenters. The number of carbonyl (C=O) groups is 2. The zero-order valence-electron chi connectivity index (χ0n) is 10.9. The molecule has 0 aromatic heterocycles. The molecule has 0 fully saturated rings. The van der Waals surface area contributed by atoms with Crippen molar-refractivity contribution in [2.24, 2.45) is 11.0 Å². The summed E-state index contributed by atoms with van der Waals surface area (Å²) in [6.07, 6.45) is 1.70. The third-order valence-corrected chi connectivity index (χ3v) is 4.43. The molecule has 0 radical (unpaired) electrons. The number of amidine groups is 1. The molecule has 104 valence electrons. The third-order valence-electron chi connectivity index (χ3n) is 3.11. The standard InChI is InChI=1S/C12H17N3O3S/c1-6(2)10-14-15-12(19-10)13-9(16)7-4-3-5-8(7)11(17)18/h6,10,14H,3-5H2,1-2H3,(H,17,18)(H,13,15,16). The Morgan fingerprint density at radius 3 is 2.68 bits per heavy atom. The monoisotopic (exact) mass is 283 g/mol. The molecule has 7 heteroatoms. The number of nitrogens with zero attached hydrogens (tertiary/aromatic N) is 1. The predicted molar refractivity (Wildman–Crippen MR) is 73.4 cm³/mol. The lowest BCUT2D eigenvalue weighted by molar-refractivity contribution is -0.133. The molecule has 19 heavy (non-hydrogen) atoms. The Kier molecular flexibility index (Phi) is 4.14. The van der Waals surface area contributed by atoms with Gasteiger partial charge in [-0.25, -0.2) is 4.79 Å². The van der Waals surface area contributed by atoms with Crippen LogP contribution >= 0.6 is 11.8 Å². The highest BCUT2D eigenvalue weighted by molar-refractivity contribution is 8.14. The lowest BCUT2D eigenvalue weighted by atomic mass is 10.1. The van der Waals surface area contributed by atoms with Crippen LogP contribution in [0.4, 0.5) is 0 Å². The predicted octanol–water partition coefficient (Wildman–Crippen LogP) is 1.26. The average molecular weight is 283 g/mol. The van der Waals surface area contributed by atoms with Crippen molar-refractivity contribution < 1.29 is 14.7 Å². The number of carboxylic acids is 1. The van der Waals surface area contributed by atoms with E-state index in [1.54, 1.807) is 0 Å². The van der Waals surface area contributed by atoms with Crippen molar-refractivity contribution in [2.45, 2.75) is 38.5 Å². The second-order valence-electron chi connectivity index (χ2n) is 4.90. The molecule has 0 saturated heterocycles. The van der Waals surface area contributed by atoms with Gasteiger partial charge in [-0.3, -0.25) is 15.5 Å². The Labute approximate surface area is 115 Å². The van der Waals surface area contributed by atoms with Gasteiger partial charge in [-0.05, 0) is 25.2 Å². The number of hydrogen-bond acceptors (Lipinski definition) is 5. The summed E-state index contributed by atoms with van der Waals surface area (Å²) in [6, 6.07) is 0. The normalized spacial score (nSPS) is 22.5. The van der Waals surface area contributed by atoms with Gasteiger partial charge in [-0.1, -0.05) is 25.6 Å². The number of hydrogen-bond donors (Lipinski definition) is 3. The second kappa shape index (κ2) is 5.64. The molecule has 6 nitrogen and oxygen atoms in total. The average Bonchev–Trinajstić information content (AvgIpc) is 2.96. The Morgan fingerprint density at radius 2 is 2.11 bits per heavy atom. The minimum absolute atomic E-state index is 0.145. The molecule has 1 amide bonds. The van der Waals surface area contributed by atoms with Crippen LogP contribution in [0, 0.1) is 5.92 Å². The number of thioether (sulfide) groups is 1. The maximum atomic E-state index is 12.0. The van der Waals surface area contributed by atoms with Crippen LogP contribution in [-0.2, 0) is 9.59 Å². The summed E-state index contributed by atoms with van der Waals surface area (Å²) in [6.45, 7) is 4.12. The summed E-state index contributed by atoms with van der Waals surface area (Å²) in [4.78, 5) is 23.0. The fourth-order valence-corrected chi connectivity index (χ4v) is 2.92. The lowest BCUT2D eigenvalue weighted by Crippen LogP contribution is -2.30. The minimum atomic E-state index is -0.998. The number of nitrogens with one attached hydrogen (secondary N) is 2. The molecule has 0 aromatic rings. The molecule has 0 bridgehead atoms. The van der Waals surface area contributed by atoms with Gasteiger partial charge in [0.2, 0.25) is 0 Å². The van der Waals surface area contributed by atoms with Gasteiger partial charge in [-0.2, -0.15) is 5.10 Å². The topological polar surface area (TPSA) is 90.8 Å². The van der Waals surface area contributed by atoms with Gasteiger partial charge in [0.1, 0.15) is 0 Å². The molecule has 1 heterocycles. The van der Waals surface area contributed by atoms with Crippen molar-refractivity contribution in [3.8, 4) is 0 Å². The van der Waals surface area contributed by atoms with E-state index in [1.807, 2.05) is 0 Å². The summed E-state index contributed by atoms with van der Waals surface area (Å²) in [5.74, 6) is -0.947. The van der Waals surface area contributed by atoms with Crippen molar-refractivity contribution in [2.75, 3.05) is 0 Å². The van der Waals surface area contributed by atoms with Crippen LogP contribution in [0.3, 0.4) is 0 Å². The van der Waals surface area contributed by atoms with Crippen LogP contribution in [0.15, 0.2) is 16.2 Å². The number of hydrazone groups is 1. The summed E-state index contributed by atoms with van der Waals surface area (Å²) >= 11 is 1.45. The SMILES string of the molecule is CC(C)C1NN=C(NC(=O)C2=C(C(=O)O)CCC2)S1. The number of carboxylic acid groups (broad SMARTS) is 1. The van der Waals surface area contributed by atoms with Crippen molar-refractivity contribution in [3.05, 3.63) is 11.1 Å². The zero-order chi connectivity index (χ0) is 14.0. The Balaban J connectivity index is 1.99. The van der Waals surface area contributed by atoms with E-state index in [0.717, 1.165) is 6.42 Å². The summed E-state index contributed by atoms with van der Waals surface area (Å²) in [5.41, 5.74) is 3.55. The molecule has 2 rings (SSSR count). The van der Waals surface area contributed by atoms with Gasteiger partial charge in [0.05, 0.1) is 5.37 Å². The van der Waals surface area contributed by atoms with E-state index in [4.69, 9.17) is 5.11 Å². The first-order valence-electron chi connectivity index (χ1n) is 6.25. The van der Waals surface area contributed by atoms with E-state index in [0.29, 0.717) is 29.5 Å². The van der Waals surface area contributed by atoms with Crippen LogP contribution in [0.2, 0.25) is 0 Å². The molecule has 1 aliphatic heterocycles. The van der Waals surface area contributed by atoms with Crippen molar-refractivity contribution in [3.63, 3.8) is 0 Å². The Hall–Kier alpha value is -1.50. The van der Waals surface area contributed by atoms with Gasteiger partial charge in [0, 0.05) is 11.1 Å². The van der Waals surface area contributed by atoms with E-state index in [1.165, 1.54) is 11.8 Å². The molecule has 3 N–H and O–H groups in total. The van der Waals surface area contributed by atoms with Crippen molar-refractivity contribution >= 4 is 28.8 Å². The minimum Gasteiger partial charge on any atom is -0.478 e. The van der Waals surface area contributed by atoms with Gasteiger partial charge in [-0.15, -0.1) is 0 Å². The maximum Gasteiger partial charge on any atom is 0.332 e. The van der Waals surface area contributed by atoms with Crippen LogP contribution < -0.4 is 10.7 Å². The molecular formula is C12H17N3O3S. The number of rotatable bonds is 3. The van der Waals surface area contributed by atoms with E-state index in [-0.39, 0.29) is 16.9 Å². The summed E-state index contributed by atoms with van der Waals surface area (Å²) in [7, 11) is 0. The van der Waals surface area contributed by atoms with Gasteiger partial charge in [0.15, 0.2) is 5.17 Å². The highest BCUT2D eigenvalue weighted by Crippen LogP contribution is 2.27. The highest BCUT2D eigenvalue weighted by Gasteiger charge is 2.28. The molecule has 1 aliphatic carbocycles. The number of aliphatic carboxylic acids is 1. The van der Waals surface area contributed by atoms with E-state index < -0.39 is 5.97 Å². The number of carbonyl (C=O) groups excluding carboxylic acids is 1. The first kappa shape index (κ1) is 13.9. The molecule has 2 aliphatic rings. The fourth-order valence-electron chi connectivity index (χ4n) is 2.04. The van der Waals surface area contributed by atoms with E-state index in [9.17, 15) is 9.59 Å². The first-order valence-corrected chi connectivity index (χ1v) is 7.13. The van der Waals surface area contributed by atoms with Gasteiger partial charge in [0.25, 0.3) is 5.91 Å². The van der Waals surface area contributed by atoms with E-state index >= 15 is 0 Å². The smallest absolute Gasteiger partial charge is 0.332 e. The van der Waals surface area contributed by atoms with Crippen molar-refractivity contribution in [1.82, 2.24) is 10.7 Å². The van der Waals surface area contributed by atoms with Gasteiger partial charge >= 0.3 is 5.97 Å². The quantitative estimate of drug-likeness (QED) is 0.725. The molecule has 0 saturated carbocycles. The fraction of sp³-hybridized carbons (Fsp3) is 0.583. The molecule has 0 spiro atoms. The van der Waals surface area contributed by atoms with Crippen LogP contribution in [0.25, 0.3) is 0 Å². The second-order valence-corrected chi connectivity index (χ2v) is 6.03. The van der Waals surface area contributed by atoms with Crippen molar-refractivity contribution in [1.29, 1.82) is 0 Å². The number of amides is 1. The van der Waals surface area contributed by atoms with Gasteiger partial charge < -0.3 is 5.11 Å². The zero-order valence-corrected chi connectivity index (χ0v) is 11.7. The Morgan fingerprint density at radius 1 is 1.42 bits per heavy atom. The maximum absolute atomic E-state index is 12.0. The summed E-state index contributed by atoms with van der Waals surface area (Å²) < 4.78 is 0. The largest absolute Gasteiger partial charge is 0.478 e. The lowest BCUT2D eigenvalue weighted by Gasteiger charge is -2.12. The van der Waals surface area contributed by atoms with Crippen LogP contribution in [-0.4, -0.2) is 27.5 Å². The van der Waals surface area contributed by atoms with Crippen LogP contribution in [0.1, 0.15) is 33.1 Å². The first-order chi connectivity index (χ1) is 8.99. The molecular weight excluding hydrogens is 266 g/mol. The van der Waals surface area contributed by atoms with E-state index in [2.05, 4.69) is 29.7 Å². The third kappa shape index (κ3) is 3.09. The summed E-state index contributed by atoms with van der Waals surface area (Å²) in [5, 5.41) is 16.4. The van der Waals surface area contributed by atoms with Crippen LogP contribution in [0.5, 0.6) is 0 Å². The molecule has 1 atom stereocenters. The Bertz CT molecular complexity index is 471.